The minimum atomic E-state index is -4.39. The molecule has 1 unspecified atom stereocenters. The van der Waals surface area contributed by atoms with Crippen LogP contribution in [0.1, 0.15) is 54.0 Å². The number of aromatic nitrogens is 2. The van der Waals surface area contributed by atoms with E-state index < -0.39 is 57.1 Å². The first-order valence-electron chi connectivity index (χ1n) is 15.9. The highest BCUT2D eigenvalue weighted by molar-refractivity contribution is 7.92. The number of carboxylic acids is 1. The zero-order chi connectivity index (χ0) is 38.1. The number of aliphatic carboxylic acids is 1. The Morgan fingerprint density at radius 3 is 2.10 bits per heavy atom. The molecule has 1 aliphatic rings. The van der Waals surface area contributed by atoms with E-state index in [0.29, 0.717) is 51.5 Å². The molecule has 0 radical (unpaired) electrons. The van der Waals surface area contributed by atoms with Gasteiger partial charge in [-0.25, -0.2) is 36.8 Å². The van der Waals surface area contributed by atoms with Crippen LogP contribution in [0.2, 0.25) is 0 Å². The van der Waals surface area contributed by atoms with Crippen LogP contribution < -0.4 is 10.0 Å². The Hall–Kier alpha value is -5.74. The largest absolute Gasteiger partial charge is 0.480 e. The van der Waals surface area contributed by atoms with Crippen molar-refractivity contribution in [1.82, 2.24) is 25.1 Å². The van der Waals surface area contributed by atoms with Gasteiger partial charge in [0, 0.05) is 61.7 Å². The maximum atomic E-state index is 15.1. The number of hydrogen-bond donors (Lipinski definition) is 4. The summed E-state index contributed by atoms with van der Waals surface area (Å²) < 4.78 is 58.3. The van der Waals surface area contributed by atoms with E-state index in [9.17, 15) is 33.0 Å². The molecule has 0 fully saturated rings. The van der Waals surface area contributed by atoms with Crippen molar-refractivity contribution in [2.24, 2.45) is 0 Å². The van der Waals surface area contributed by atoms with Gasteiger partial charge in [-0.3, -0.25) is 14.4 Å². The summed E-state index contributed by atoms with van der Waals surface area (Å²) >= 11 is 0. The van der Waals surface area contributed by atoms with E-state index in [1.807, 2.05) is 18.6 Å². The van der Waals surface area contributed by atoms with Gasteiger partial charge in [0.1, 0.15) is 23.5 Å². The van der Waals surface area contributed by atoms with Gasteiger partial charge in [-0.2, -0.15) is 0 Å². The molecule has 2 atom stereocenters. The Bertz CT molecular complexity index is 2160. The fourth-order valence-corrected chi connectivity index (χ4v) is 6.57. The molecule has 16 heteroatoms. The molecule has 0 bridgehead atoms. The highest BCUT2D eigenvalue weighted by Crippen LogP contribution is 2.31. The van der Waals surface area contributed by atoms with Crippen molar-refractivity contribution in [2.45, 2.75) is 50.3 Å². The number of carbonyl (C=O) groups excluding carboxylic acids is 2. The van der Waals surface area contributed by atoms with Crippen LogP contribution in [0.25, 0.3) is 16.7 Å². The predicted molar refractivity (Wildman–Crippen MR) is 187 cm³/mol. The van der Waals surface area contributed by atoms with Crippen molar-refractivity contribution in [3.8, 4) is 11.1 Å². The number of carbonyl (C=O) groups is 3. The number of aliphatic hydroxyl groups excluding tert-OH is 1. The molecule has 2 heterocycles. The summed E-state index contributed by atoms with van der Waals surface area (Å²) in [5, 5.41) is 22.7. The molecule has 0 saturated heterocycles. The third kappa shape index (κ3) is 7.77. The molecule has 1 aromatic heterocycles. The van der Waals surface area contributed by atoms with Crippen molar-refractivity contribution in [2.75, 3.05) is 18.8 Å². The van der Waals surface area contributed by atoms with Crippen molar-refractivity contribution in [3.63, 3.8) is 0 Å². The number of aliphatic hydroxyl groups is 1. The zero-order valence-corrected chi connectivity index (χ0v) is 29.6. The van der Waals surface area contributed by atoms with Crippen LogP contribution in [0.4, 0.5) is 19.3 Å². The number of halogens is 2. The van der Waals surface area contributed by atoms with Gasteiger partial charge in [-0.1, -0.05) is 50.2 Å². The standard InChI is InChI=1S/C36H36F2N6O7S/c1-19(2)32-39-17-24(18-40-32)22-10-12-25(13-11-22)52(50,51)42-29-16-27(37)26(15-28(29)38)33(45)41-30(35(47)48)14-21-6-8-23(9-7-21)31-20(3)43(4)36(49)44(5)34(31)46/h6-13,15-19,30,34,42,46H,14H2,1-5H3,(H,41,45)(H,47,48)/t30-,34?/m0/s1. The van der Waals surface area contributed by atoms with Crippen LogP contribution in [-0.4, -0.2) is 82.7 Å². The van der Waals surface area contributed by atoms with Crippen LogP contribution in [0.3, 0.4) is 0 Å². The van der Waals surface area contributed by atoms with E-state index >= 15 is 8.78 Å². The van der Waals surface area contributed by atoms with Gasteiger partial charge in [-0.05, 0) is 41.8 Å². The van der Waals surface area contributed by atoms with Gasteiger partial charge in [-0.15, -0.1) is 0 Å². The number of allylic oxidation sites excluding steroid dienone is 1. The lowest BCUT2D eigenvalue weighted by Crippen LogP contribution is -2.49. The molecule has 13 nitrogen and oxygen atoms in total. The van der Waals surface area contributed by atoms with Crippen LogP contribution in [0, 0.1) is 11.6 Å². The maximum Gasteiger partial charge on any atom is 0.326 e. The molecule has 4 aromatic rings. The second-order valence-corrected chi connectivity index (χ2v) is 14.2. The molecule has 5 rings (SSSR count). The van der Waals surface area contributed by atoms with E-state index in [-0.39, 0.29) is 23.3 Å². The summed E-state index contributed by atoms with van der Waals surface area (Å²) in [5.41, 5.74) is 1.71. The smallest absolute Gasteiger partial charge is 0.326 e. The molecule has 4 N–H and O–H groups in total. The highest BCUT2D eigenvalue weighted by atomic mass is 32.2. The van der Waals surface area contributed by atoms with Crippen LogP contribution in [0.5, 0.6) is 0 Å². The first-order chi connectivity index (χ1) is 24.5. The lowest BCUT2D eigenvalue weighted by molar-refractivity contribution is -0.139. The number of nitrogens with one attached hydrogen (secondary N) is 2. The van der Waals surface area contributed by atoms with Gasteiger partial charge in [0.05, 0.1) is 16.1 Å². The quantitative estimate of drug-likeness (QED) is 0.168. The summed E-state index contributed by atoms with van der Waals surface area (Å²) in [7, 11) is -1.37. The molecule has 0 saturated carbocycles. The van der Waals surface area contributed by atoms with E-state index in [1.54, 1.807) is 50.6 Å². The number of urea groups is 1. The van der Waals surface area contributed by atoms with Gasteiger partial charge in [0.15, 0.2) is 6.23 Å². The Morgan fingerprint density at radius 2 is 1.52 bits per heavy atom. The van der Waals surface area contributed by atoms with Gasteiger partial charge in [0.25, 0.3) is 15.9 Å². The molecular formula is C36H36F2N6O7S. The Balaban J connectivity index is 1.27. The average molecular weight is 735 g/mol. The lowest BCUT2D eigenvalue weighted by atomic mass is 9.96. The summed E-state index contributed by atoms with van der Waals surface area (Å²) in [4.78, 5) is 48.2. The normalized spacial score (nSPS) is 15.6. The molecule has 3 amide bonds. The number of anilines is 1. The summed E-state index contributed by atoms with van der Waals surface area (Å²) in [6.45, 7) is 5.58. The molecule has 0 spiro atoms. The number of likely N-dealkylation sites (N-methyl/N-ethyl adjacent to an activating group) is 1. The first kappa shape index (κ1) is 37.5. The lowest BCUT2D eigenvalue weighted by Gasteiger charge is -2.37. The number of sulfonamides is 1. The molecule has 3 aromatic carbocycles. The van der Waals surface area contributed by atoms with Crippen molar-refractivity contribution >= 4 is 39.2 Å². The average Bonchev–Trinajstić information content (AvgIpc) is 3.11. The van der Waals surface area contributed by atoms with E-state index in [1.165, 1.54) is 41.1 Å². The third-order valence-corrected chi connectivity index (χ3v) is 10.0. The molecule has 52 heavy (non-hydrogen) atoms. The summed E-state index contributed by atoms with van der Waals surface area (Å²) in [5.74, 6) is -4.47. The van der Waals surface area contributed by atoms with Crippen molar-refractivity contribution < 1.29 is 41.8 Å². The number of hydrogen-bond acceptors (Lipinski definition) is 8. The molecule has 1 aliphatic heterocycles. The number of rotatable bonds is 11. The number of benzene rings is 3. The SMILES string of the molecule is CC1=C(c2ccc(C[C@H](NC(=O)c3cc(F)c(NS(=O)(=O)c4ccc(-c5cnc(C(C)C)nc5)cc4)cc3F)C(=O)O)cc2)C(O)N(C)C(=O)N1C. The Morgan fingerprint density at radius 1 is 0.923 bits per heavy atom. The fraction of sp³-hybridized carbons (Fsp3) is 0.250. The molecule has 0 aliphatic carbocycles. The van der Waals surface area contributed by atoms with Crippen LogP contribution in [0.15, 0.2) is 83.6 Å². The van der Waals surface area contributed by atoms with Gasteiger partial charge >= 0.3 is 12.0 Å². The Labute approximate surface area is 298 Å². The second-order valence-electron chi connectivity index (χ2n) is 12.5. The fourth-order valence-electron chi connectivity index (χ4n) is 5.51. The molecular weight excluding hydrogens is 698 g/mol. The van der Waals surface area contributed by atoms with Crippen molar-refractivity contribution in [3.05, 3.63) is 113 Å². The van der Waals surface area contributed by atoms with E-state index in [0.717, 1.165) is 0 Å². The van der Waals surface area contributed by atoms with E-state index in [4.69, 9.17) is 0 Å². The Kier molecular flexibility index (Phi) is 10.7. The minimum absolute atomic E-state index is 0.131. The monoisotopic (exact) mass is 734 g/mol. The van der Waals surface area contributed by atoms with Gasteiger partial charge < -0.3 is 20.4 Å². The zero-order valence-electron chi connectivity index (χ0n) is 28.8. The summed E-state index contributed by atoms with van der Waals surface area (Å²) in [6.07, 6.45) is 1.78. The topological polar surface area (TPSA) is 182 Å². The minimum Gasteiger partial charge on any atom is -0.480 e. The van der Waals surface area contributed by atoms with Crippen molar-refractivity contribution in [1.29, 1.82) is 0 Å². The summed E-state index contributed by atoms with van der Waals surface area (Å²) in [6, 6.07) is 11.0. The van der Waals surface area contributed by atoms with Crippen LogP contribution >= 0.6 is 0 Å². The molecule has 272 valence electrons. The van der Waals surface area contributed by atoms with Crippen LogP contribution in [-0.2, 0) is 21.2 Å². The van der Waals surface area contributed by atoms with Gasteiger partial charge in [0.2, 0.25) is 0 Å². The number of amides is 3. The van der Waals surface area contributed by atoms with E-state index in [2.05, 4.69) is 15.3 Å². The highest BCUT2D eigenvalue weighted by Gasteiger charge is 2.33. The first-order valence-corrected chi connectivity index (χ1v) is 17.4. The second kappa shape index (κ2) is 14.9. The maximum absolute atomic E-state index is 15.1. The number of carboxylic acid groups (broad SMARTS) is 1. The predicted octanol–water partition coefficient (Wildman–Crippen LogP) is 4.82. The number of nitrogens with zero attached hydrogens (tertiary/aromatic N) is 4. The third-order valence-electron chi connectivity index (χ3n) is 8.65.